The molecule has 0 saturated carbocycles. The van der Waals surface area contributed by atoms with Crippen molar-refractivity contribution in [1.82, 2.24) is 0 Å². The third-order valence-electron chi connectivity index (χ3n) is 2.30. The lowest BCUT2D eigenvalue weighted by molar-refractivity contribution is 0.461. The van der Waals surface area contributed by atoms with Crippen LogP contribution in [0.25, 0.3) is 0 Å². The lowest BCUT2D eigenvalue weighted by Crippen LogP contribution is -1.89. The van der Waals surface area contributed by atoms with Gasteiger partial charge in [-0.15, -0.1) is 11.6 Å². The van der Waals surface area contributed by atoms with Crippen LogP contribution in [0.5, 0.6) is 11.5 Å². The second-order valence-electron chi connectivity index (χ2n) is 3.56. The van der Waals surface area contributed by atoms with E-state index in [1.807, 2.05) is 0 Å². The van der Waals surface area contributed by atoms with Crippen molar-refractivity contribution >= 4 is 23.2 Å². The Bertz CT molecular complexity index is 573. The minimum Gasteiger partial charge on any atom is -0.457 e. The fourth-order valence-corrected chi connectivity index (χ4v) is 1.92. The minimum atomic E-state index is -0.962. The molecule has 2 aromatic carbocycles. The van der Waals surface area contributed by atoms with Crippen LogP contribution < -0.4 is 4.74 Å². The van der Waals surface area contributed by atoms with Gasteiger partial charge in [0, 0.05) is 17.0 Å². The van der Waals surface area contributed by atoms with Crippen molar-refractivity contribution < 1.29 is 13.5 Å². The summed E-state index contributed by atoms with van der Waals surface area (Å²) >= 11 is 11.6. The van der Waals surface area contributed by atoms with Gasteiger partial charge in [0.15, 0.2) is 11.6 Å². The molecule has 0 atom stereocenters. The van der Waals surface area contributed by atoms with E-state index in [-0.39, 0.29) is 5.75 Å². The minimum absolute atomic E-state index is 0.198. The van der Waals surface area contributed by atoms with Crippen molar-refractivity contribution in [3.8, 4) is 11.5 Å². The molecule has 2 rings (SSSR count). The molecule has 0 aromatic heterocycles. The maximum absolute atomic E-state index is 13.0. The lowest BCUT2D eigenvalue weighted by atomic mass is 10.2. The predicted octanol–water partition coefficient (Wildman–Crippen LogP) is 5.15. The second kappa shape index (κ2) is 5.55. The molecule has 0 radical (unpaired) electrons. The van der Waals surface area contributed by atoms with Gasteiger partial charge in [-0.1, -0.05) is 17.7 Å². The Morgan fingerprint density at radius 2 is 1.61 bits per heavy atom. The van der Waals surface area contributed by atoms with Gasteiger partial charge in [-0.3, -0.25) is 0 Å². The van der Waals surface area contributed by atoms with Crippen LogP contribution in [0.3, 0.4) is 0 Å². The fraction of sp³-hybridized carbons (Fsp3) is 0.0769. The number of hydrogen-bond acceptors (Lipinski definition) is 1. The first-order valence-corrected chi connectivity index (χ1v) is 5.98. The molecule has 5 heteroatoms. The Morgan fingerprint density at radius 3 is 2.22 bits per heavy atom. The van der Waals surface area contributed by atoms with Gasteiger partial charge in [0.1, 0.15) is 11.5 Å². The molecule has 0 aliphatic heterocycles. The third-order valence-corrected chi connectivity index (χ3v) is 2.94. The summed E-state index contributed by atoms with van der Waals surface area (Å²) in [6.07, 6.45) is 0. The Hall–Kier alpha value is -1.32. The Kier molecular flexibility index (Phi) is 4.04. The molecule has 0 saturated heterocycles. The van der Waals surface area contributed by atoms with Crippen LogP contribution in [0.15, 0.2) is 36.4 Å². The van der Waals surface area contributed by atoms with Crippen molar-refractivity contribution in [2.24, 2.45) is 0 Å². The zero-order valence-corrected chi connectivity index (χ0v) is 10.6. The molecular weight excluding hydrogens is 281 g/mol. The summed E-state index contributed by atoms with van der Waals surface area (Å²) in [6.45, 7) is 0. The molecule has 0 unspecified atom stereocenters. The van der Waals surface area contributed by atoms with Crippen LogP contribution in [0.2, 0.25) is 5.02 Å². The smallest absolute Gasteiger partial charge is 0.162 e. The Morgan fingerprint density at radius 1 is 0.944 bits per heavy atom. The first kappa shape index (κ1) is 13.1. The third kappa shape index (κ3) is 2.92. The van der Waals surface area contributed by atoms with Crippen molar-refractivity contribution in [1.29, 1.82) is 0 Å². The molecule has 2 aromatic rings. The molecule has 0 fully saturated rings. The van der Waals surface area contributed by atoms with Crippen LogP contribution in [0.1, 0.15) is 5.56 Å². The lowest BCUT2D eigenvalue weighted by Gasteiger charge is -2.08. The fourth-order valence-electron chi connectivity index (χ4n) is 1.38. The average Bonchev–Trinajstić information content (AvgIpc) is 2.34. The van der Waals surface area contributed by atoms with Crippen molar-refractivity contribution in [3.63, 3.8) is 0 Å². The zero-order valence-electron chi connectivity index (χ0n) is 9.09. The molecule has 0 heterocycles. The normalized spacial score (nSPS) is 10.4. The topological polar surface area (TPSA) is 9.23 Å². The van der Waals surface area contributed by atoms with Crippen LogP contribution >= 0.6 is 23.2 Å². The summed E-state index contributed by atoms with van der Waals surface area (Å²) in [5.74, 6) is -0.957. The molecule has 1 nitrogen and oxygen atoms in total. The monoisotopic (exact) mass is 288 g/mol. The molecule has 0 bridgehead atoms. The average molecular weight is 289 g/mol. The van der Waals surface area contributed by atoms with E-state index in [0.29, 0.717) is 16.7 Å². The first-order valence-electron chi connectivity index (χ1n) is 5.07. The van der Waals surface area contributed by atoms with Crippen LogP contribution in [-0.2, 0) is 5.88 Å². The van der Waals surface area contributed by atoms with E-state index in [1.54, 1.807) is 18.2 Å². The number of hydrogen-bond donors (Lipinski definition) is 0. The number of rotatable bonds is 3. The second-order valence-corrected chi connectivity index (χ2v) is 4.24. The van der Waals surface area contributed by atoms with Crippen LogP contribution in [0.4, 0.5) is 8.78 Å². The van der Waals surface area contributed by atoms with Gasteiger partial charge < -0.3 is 4.74 Å². The summed E-state index contributed by atoms with van der Waals surface area (Å²) in [6, 6.07) is 8.25. The van der Waals surface area contributed by atoms with Gasteiger partial charge >= 0.3 is 0 Å². The van der Waals surface area contributed by atoms with E-state index < -0.39 is 11.6 Å². The van der Waals surface area contributed by atoms with Crippen molar-refractivity contribution in [3.05, 3.63) is 58.6 Å². The van der Waals surface area contributed by atoms with Crippen LogP contribution in [-0.4, -0.2) is 0 Å². The molecule has 0 aliphatic rings. The Balaban J connectivity index is 2.23. The zero-order chi connectivity index (χ0) is 13.1. The van der Waals surface area contributed by atoms with E-state index in [0.717, 1.165) is 17.7 Å². The van der Waals surface area contributed by atoms with E-state index in [9.17, 15) is 8.78 Å². The largest absolute Gasteiger partial charge is 0.457 e. The molecule has 0 N–H and O–H groups in total. The number of halogens is 4. The van der Waals surface area contributed by atoms with Gasteiger partial charge in [0.25, 0.3) is 0 Å². The highest BCUT2D eigenvalue weighted by molar-refractivity contribution is 6.32. The van der Waals surface area contributed by atoms with Crippen LogP contribution in [0, 0.1) is 11.6 Å². The molecule has 18 heavy (non-hydrogen) atoms. The summed E-state index contributed by atoms with van der Waals surface area (Å²) in [5, 5.41) is 0.463. The molecule has 0 spiro atoms. The van der Waals surface area contributed by atoms with E-state index >= 15 is 0 Å². The summed E-state index contributed by atoms with van der Waals surface area (Å²) < 4.78 is 31.1. The maximum atomic E-state index is 13.0. The SMILES string of the molecule is Fc1ccc(Oc2ccc(CCl)c(Cl)c2)cc1F. The highest BCUT2D eigenvalue weighted by Crippen LogP contribution is 2.28. The van der Waals surface area contributed by atoms with Gasteiger partial charge in [-0.05, 0) is 29.8 Å². The quantitative estimate of drug-likeness (QED) is 0.710. The number of ether oxygens (including phenoxy) is 1. The first-order chi connectivity index (χ1) is 8.60. The highest BCUT2D eigenvalue weighted by atomic mass is 35.5. The van der Waals surface area contributed by atoms with E-state index in [2.05, 4.69) is 0 Å². The standard InChI is InChI=1S/C13H8Cl2F2O/c14-7-8-1-2-9(5-11(8)15)18-10-3-4-12(16)13(17)6-10/h1-6H,7H2. The van der Waals surface area contributed by atoms with Gasteiger partial charge in [0.2, 0.25) is 0 Å². The summed E-state index contributed by atoms with van der Waals surface area (Å²) in [5.41, 5.74) is 0.774. The Labute approximate surface area is 113 Å². The number of alkyl halides is 1. The molecule has 0 amide bonds. The van der Waals surface area contributed by atoms with Gasteiger partial charge in [0.05, 0.1) is 0 Å². The van der Waals surface area contributed by atoms with Gasteiger partial charge in [-0.25, -0.2) is 8.78 Å². The molecule has 0 aliphatic carbocycles. The molecular formula is C13H8Cl2F2O. The van der Waals surface area contributed by atoms with Crippen molar-refractivity contribution in [2.45, 2.75) is 5.88 Å². The van der Waals surface area contributed by atoms with E-state index in [4.69, 9.17) is 27.9 Å². The maximum Gasteiger partial charge on any atom is 0.162 e. The predicted molar refractivity (Wildman–Crippen MR) is 67.4 cm³/mol. The molecule has 94 valence electrons. The summed E-state index contributed by atoms with van der Waals surface area (Å²) in [7, 11) is 0. The highest BCUT2D eigenvalue weighted by Gasteiger charge is 2.06. The summed E-state index contributed by atoms with van der Waals surface area (Å²) in [4.78, 5) is 0. The van der Waals surface area contributed by atoms with E-state index in [1.165, 1.54) is 6.07 Å². The van der Waals surface area contributed by atoms with Crippen molar-refractivity contribution in [2.75, 3.05) is 0 Å². The van der Waals surface area contributed by atoms with Gasteiger partial charge in [-0.2, -0.15) is 0 Å². The number of benzene rings is 2.